The van der Waals surface area contributed by atoms with Gasteiger partial charge in [0.2, 0.25) is 11.8 Å². The van der Waals surface area contributed by atoms with Crippen LogP contribution in [0.5, 0.6) is 0 Å². The van der Waals surface area contributed by atoms with Gasteiger partial charge in [-0.15, -0.1) is 11.8 Å². The van der Waals surface area contributed by atoms with E-state index in [0.717, 1.165) is 16.7 Å². The van der Waals surface area contributed by atoms with Crippen molar-refractivity contribution >= 4 is 161 Å². The molecule has 0 aromatic rings. The number of carbonyl (C=O) groups excluding carboxylic acids is 9. The molecule has 14 rings (SSSR count). The van der Waals surface area contributed by atoms with Crippen molar-refractivity contribution in [3.63, 3.8) is 0 Å². The summed E-state index contributed by atoms with van der Waals surface area (Å²) in [7, 11) is 0. The topological polar surface area (TPSA) is 379 Å². The van der Waals surface area contributed by atoms with E-state index >= 15 is 0 Å². The van der Waals surface area contributed by atoms with E-state index in [4.69, 9.17) is 0 Å². The molecule has 0 aromatic carbocycles. The fourth-order valence-electron chi connectivity index (χ4n) is 15.8. The number of carbonyl (C=O) groups is 9. The van der Waals surface area contributed by atoms with E-state index in [1.54, 1.807) is 6.92 Å². The van der Waals surface area contributed by atoms with Crippen molar-refractivity contribution in [3.05, 3.63) is 50.0 Å². The molecule has 0 saturated carbocycles. The van der Waals surface area contributed by atoms with E-state index in [9.17, 15) is 78.9 Å². The first-order valence-electron chi connectivity index (χ1n) is 35.7. The molecule has 14 heterocycles. The van der Waals surface area contributed by atoms with Crippen molar-refractivity contribution in [2.24, 2.45) is 53.3 Å². The molecule has 0 aliphatic carbocycles. The maximum absolute atomic E-state index is 11.8. The molecule has 14 N–H and O–H groups in total. The summed E-state index contributed by atoms with van der Waals surface area (Å²) >= 11 is 1.26. The molecule has 30 heteroatoms. The van der Waals surface area contributed by atoms with Crippen LogP contribution in [0.25, 0.3) is 0 Å². The van der Waals surface area contributed by atoms with Gasteiger partial charge in [0.25, 0.3) is 0 Å². The van der Waals surface area contributed by atoms with Crippen LogP contribution in [0.2, 0.25) is 19.9 Å². The Labute approximate surface area is 655 Å². The van der Waals surface area contributed by atoms with Gasteiger partial charge in [0.15, 0.2) is 5.12 Å². The summed E-state index contributed by atoms with van der Waals surface area (Å²) in [5.41, 5.74) is 6.20. The van der Waals surface area contributed by atoms with Gasteiger partial charge in [-0.2, -0.15) is 0 Å². The number of fused-ring (bicyclic) bond motifs is 7. The molecule has 576 valence electrons. The van der Waals surface area contributed by atoms with Gasteiger partial charge in [0.05, 0.1) is 24.3 Å². The van der Waals surface area contributed by atoms with Gasteiger partial charge in [-0.1, -0.05) is 46.4 Å². The number of hydrogen-bond donors (Lipinski definition) is 14. The minimum absolute atomic E-state index is 0.00181. The van der Waals surface area contributed by atoms with Crippen molar-refractivity contribution in [1.82, 2.24) is 37.2 Å². The average molecular weight is 1900 g/mol. The second kappa shape index (κ2) is 31.6. The first-order chi connectivity index (χ1) is 47.5. The van der Waals surface area contributed by atoms with Crippen LogP contribution in [0.15, 0.2) is 50.0 Å². The van der Waals surface area contributed by atoms with Crippen molar-refractivity contribution in [2.75, 3.05) is 0 Å². The zero-order chi connectivity index (χ0) is 77.9. The summed E-state index contributed by atoms with van der Waals surface area (Å²) in [6, 6.07) is 0.177. The second-order valence-electron chi connectivity index (χ2n) is 32.2. The Morgan fingerprint density at radius 2 is 0.825 bits per heavy atom. The van der Waals surface area contributed by atoms with Crippen LogP contribution < -0.4 is 37.2 Å². The molecule has 0 radical (unpaired) electrons. The molecular formula is C73H111N7O16S2Se3Te2. The van der Waals surface area contributed by atoms with E-state index in [1.165, 1.54) is 47.7 Å². The Hall–Kier alpha value is -2.11. The Morgan fingerprint density at radius 1 is 0.398 bits per heavy atom. The molecule has 9 saturated heterocycles. The number of thioether (sulfide) groups is 2. The normalized spacial score (nSPS) is 38.0. The number of aliphatic hydroxyl groups excluding tert-OH is 7. The van der Waals surface area contributed by atoms with Gasteiger partial charge < -0.3 is 20.8 Å². The first-order valence-corrected chi connectivity index (χ1v) is 47.5. The molecule has 9 fully saturated rings. The molecule has 14 aliphatic heterocycles. The Morgan fingerprint density at radius 3 is 1.23 bits per heavy atom. The fourth-order valence-corrected chi connectivity index (χ4v) is 38.1. The standard InChI is InChI=1S/C11H17NO2S.C11H17NO2Se.C11H17NO2Te.C10H15NO3S.C10H15NO3Se.C10H15NO2Se.C10H15NO2Te/c3*1-5(2)9(13)11-8(12-10(11)14)6(3)7(4)15-11;2*1-4(2)7(12)10-6(11-9(10)14)5(3)8(13)15-10;2*1-5(2)8(12)10-7(11-9(10)13)6(3)4-14-10/h3*5,8-9,13H,1-4H3,(H,12,14);2*4-7,12H,1-3H3,(H,11,14);2*4-5,7-8,12H,1-3H3,(H,11,13)/t3*8-,9-,11-;2*5?,6-,7-,10-;2*7-,8-,10-/m0000000/s1. The van der Waals surface area contributed by atoms with Crippen molar-refractivity contribution < 1.29 is 78.9 Å². The van der Waals surface area contributed by atoms with Crippen LogP contribution >= 0.6 is 23.5 Å². The Bertz CT molecular complexity index is 3340. The summed E-state index contributed by atoms with van der Waals surface area (Å²) in [4.78, 5) is 108. The maximum atomic E-state index is 11.8. The molecule has 7 amide bonds. The van der Waals surface area contributed by atoms with E-state index < -0.39 is 129 Å². The predicted octanol–water partition coefficient (Wildman–Crippen LogP) is 2.88. The van der Waals surface area contributed by atoms with E-state index in [2.05, 4.69) is 74.0 Å². The Balaban J connectivity index is 0.000000152. The quantitative estimate of drug-likeness (QED) is 0.0878. The summed E-state index contributed by atoms with van der Waals surface area (Å²) in [5.74, 6) is 0.245. The number of amides is 7. The molecule has 103 heavy (non-hydrogen) atoms. The predicted molar refractivity (Wildman–Crippen MR) is 403 cm³/mol. The first kappa shape index (κ1) is 86.5. The number of nitrogens with one attached hydrogen (secondary N) is 7. The van der Waals surface area contributed by atoms with Crippen LogP contribution in [-0.2, 0) is 43.2 Å². The number of aliphatic hydroxyl groups is 7. The van der Waals surface area contributed by atoms with Crippen molar-refractivity contribution in [3.8, 4) is 0 Å². The van der Waals surface area contributed by atoms with Crippen LogP contribution in [0, 0.1) is 53.3 Å². The van der Waals surface area contributed by atoms with Gasteiger partial charge in [-0.3, -0.25) is 14.4 Å². The van der Waals surface area contributed by atoms with Crippen molar-refractivity contribution in [2.45, 2.75) is 281 Å². The van der Waals surface area contributed by atoms with Gasteiger partial charge >= 0.3 is 475 Å². The number of rotatable bonds is 14. The third-order valence-corrected chi connectivity index (χ3v) is 45.3. The zero-order valence-electron chi connectivity index (χ0n) is 63.6. The zero-order valence-corrected chi connectivity index (χ0v) is 75.0. The molecular weight excluding hydrogens is 1790 g/mol. The third kappa shape index (κ3) is 13.6. The molecule has 0 bridgehead atoms. The number of allylic oxidation sites excluding steroid dienone is 3. The second-order valence-corrected chi connectivity index (χ2v) is 50.7. The van der Waals surface area contributed by atoms with Crippen LogP contribution in [0.3, 0.4) is 0 Å². The van der Waals surface area contributed by atoms with Gasteiger partial charge in [0.1, 0.15) is 9.49 Å². The van der Waals surface area contributed by atoms with E-state index in [0.29, 0.717) is 0 Å². The monoisotopic (exact) mass is 1910 g/mol. The average Bonchev–Trinajstić information content (AvgIpc) is 1.57. The number of hydrogen-bond acceptors (Lipinski definition) is 18. The van der Waals surface area contributed by atoms with Gasteiger partial charge in [-0.05, 0) is 36.2 Å². The minimum atomic E-state index is -0.912. The molecule has 2 unspecified atom stereocenters. The van der Waals surface area contributed by atoms with Crippen molar-refractivity contribution in [1.29, 1.82) is 0 Å². The number of β-lactam (4-membered cyclic amide) rings is 7. The SMILES string of the molecule is CC(C)[C@H](O)[C@@]12SC(=O)C(C)[C@@H]1NC2=O.CC(C)[C@H](O)[C@@]12[Se]C(=O)C(C)[C@@H]1NC2=O.CC1=C(C)[C@@H]2NC(=O)[C@]2([C@@H](O)C(C)C)S1.CC1=C(C)[C@@H]2NC(=O)[C@]2([C@@H](O)C(C)C)[Se]1.CC1=C(C)[C@@H]2NC(=O)[C@]2([C@@H](O)C(C)C)[Te]1.CC1=C[Se][C@@]2([C@@H](O)C(C)C)C(=O)N[C@@H]12.CC1=C[Te][C@@]2([C@@H](O)C(C)C)C(=O)N[C@@H]12. The van der Waals surface area contributed by atoms with Crippen LogP contribution in [0.4, 0.5) is 0 Å². The Kier molecular flexibility index (Phi) is 26.5. The summed E-state index contributed by atoms with van der Waals surface area (Å²) in [6.07, 6.45) is -3.99. The molecule has 23 nitrogen and oxygen atoms in total. The molecule has 14 aliphatic rings. The molecule has 23 atom stereocenters. The van der Waals surface area contributed by atoms with Gasteiger partial charge in [-0.25, -0.2) is 0 Å². The summed E-state index contributed by atoms with van der Waals surface area (Å²) < 4.78 is 0.903. The summed E-state index contributed by atoms with van der Waals surface area (Å²) in [5, 5.41) is 91.1. The van der Waals surface area contributed by atoms with Crippen LogP contribution in [-0.4, -0.2) is 268 Å². The van der Waals surface area contributed by atoms with E-state index in [1.807, 2.05) is 132 Å². The van der Waals surface area contributed by atoms with Gasteiger partial charge in [0, 0.05) is 5.92 Å². The summed E-state index contributed by atoms with van der Waals surface area (Å²) in [6.45, 7) is 47.3. The molecule has 0 aromatic heterocycles. The fraction of sp³-hybridized carbons (Fsp3) is 0.740. The van der Waals surface area contributed by atoms with E-state index in [-0.39, 0.29) is 177 Å². The van der Waals surface area contributed by atoms with Crippen LogP contribution in [0.1, 0.15) is 166 Å². The third-order valence-electron chi connectivity index (χ3n) is 23.0. The molecule has 0 spiro atoms.